The average Bonchev–Trinajstić information content (AvgIpc) is 2.92. The third-order valence-electron chi connectivity index (χ3n) is 6.64. The number of anilines is 1. The number of benzene rings is 4. The first-order chi connectivity index (χ1) is 18.1. The summed E-state index contributed by atoms with van der Waals surface area (Å²) in [7, 11) is 0. The van der Waals surface area contributed by atoms with Crippen LogP contribution in [-0.2, 0) is 24.1 Å². The van der Waals surface area contributed by atoms with E-state index in [1.54, 1.807) is 12.1 Å². The van der Waals surface area contributed by atoms with E-state index in [9.17, 15) is 9.90 Å². The van der Waals surface area contributed by atoms with E-state index in [-0.39, 0.29) is 18.1 Å². The minimum atomic E-state index is -0.139. The molecule has 0 atom stereocenters. The summed E-state index contributed by atoms with van der Waals surface area (Å²) >= 11 is 0. The molecule has 0 fully saturated rings. The van der Waals surface area contributed by atoms with Crippen molar-refractivity contribution in [3.8, 4) is 17.0 Å². The van der Waals surface area contributed by atoms with Crippen LogP contribution < -0.4 is 5.32 Å². The van der Waals surface area contributed by atoms with Gasteiger partial charge in [0.25, 0.3) is 0 Å². The van der Waals surface area contributed by atoms with E-state index in [0.717, 1.165) is 50.8 Å². The molecule has 5 nitrogen and oxygen atoms in total. The van der Waals surface area contributed by atoms with E-state index in [1.165, 1.54) is 0 Å². The van der Waals surface area contributed by atoms with Crippen LogP contribution in [0, 0.1) is 0 Å². The van der Waals surface area contributed by atoms with Crippen molar-refractivity contribution in [2.45, 2.75) is 19.3 Å². The predicted molar refractivity (Wildman–Crippen MR) is 148 cm³/mol. The van der Waals surface area contributed by atoms with Crippen LogP contribution in [0.3, 0.4) is 0 Å². The molecule has 1 heterocycles. The Morgan fingerprint density at radius 2 is 1.65 bits per heavy atom. The van der Waals surface area contributed by atoms with E-state index < -0.39 is 0 Å². The Labute approximate surface area is 215 Å². The van der Waals surface area contributed by atoms with Gasteiger partial charge in [0.15, 0.2) is 5.82 Å². The van der Waals surface area contributed by atoms with Crippen molar-refractivity contribution in [2.75, 3.05) is 5.32 Å². The number of phenols is 1. The first-order valence-electron chi connectivity index (χ1n) is 12.4. The largest absolute Gasteiger partial charge is 0.508 e. The minimum Gasteiger partial charge on any atom is -0.508 e. The smallest absolute Gasteiger partial charge is 0.230 e. The zero-order chi connectivity index (χ0) is 25.2. The lowest BCUT2D eigenvalue weighted by molar-refractivity contribution is -0.115. The summed E-state index contributed by atoms with van der Waals surface area (Å²) in [5.74, 6) is 0.566. The van der Waals surface area contributed by atoms with Crippen molar-refractivity contribution in [1.82, 2.24) is 9.97 Å². The monoisotopic (exact) mass is 483 g/mol. The molecule has 37 heavy (non-hydrogen) atoms. The Morgan fingerprint density at radius 1 is 0.838 bits per heavy atom. The Kier molecular flexibility index (Phi) is 5.95. The Morgan fingerprint density at radius 3 is 2.51 bits per heavy atom. The number of nitrogens with one attached hydrogen (secondary N) is 1. The van der Waals surface area contributed by atoms with E-state index in [2.05, 4.69) is 23.5 Å². The van der Waals surface area contributed by atoms with Crippen LogP contribution >= 0.6 is 0 Å². The summed E-state index contributed by atoms with van der Waals surface area (Å²) in [6.45, 7) is 0. The summed E-state index contributed by atoms with van der Waals surface area (Å²) < 4.78 is 0. The number of amides is 1. The molecule has 1 aliphatic rings. The number of rotatable bonds is 5. The summed E-state index contributed by atoms with van der Waals surface area (Å²) in [6.07, 6.45) is 5.55. The number of phenolic OH excluding ortho intramolecular Hbond substituents is 1. The first kappa shape index (κ1) is 22.7. The number of carbonyl (C=O) groups excluding carboxylic acids is 1. The highest BCUT2D eigenvalue weighted by molar-refractivity contribution is 5.94. The topological polar surface area (TPSA) is 75.1 Å². The fourth-order valence-corrected chi connectivity index (χ4v) is 4.80. The predicted octanol–water partition coefficient (Wildman–Crippen LogP) is 6.45. The Balaban J connectivity index is 1.34. The molecule has 2 N–H and O–H groups in total. The molecule has 0 aliphatic heterocycles. The molecule has 5 aromatic rings. The van der Waals surface area contributed by atoms with Gasteiger partial charge in [-0.15, -0.1) is 0 Å². The third kappa shape index (κ3) is 4.84. The second kappa shape index (κ2) is 9.70. The van der Waals surface area contributed by atoms with Gasteiger partial charge in [-0.1, -0.05) is 78.9 Å². The van der Waals surface area contributed by atoms with Crippen LogP contribution in [-0.4, -0.2) is 21.0 Å². The van der Waals surface area contributed by atoms with Crippen molar-refractivity contribution in [3.63, 3.8) is 0 Å². The van der Waals surface area contributed by atoms with E-state index >= 15 is 0 Å². The van der Waals surface area contributed by atoms with Crippen LogP contribution in [0.1, 0.15) is 28.1 Å². The molecule has 0 saturated heterocycles. The van der Waals surface area contributed by atoms with Gasteiger partial charge >= 0.3 is 0 Å². The molecular formula is C32H25N3O2. The quantitative estimate of drug-likeness (QED) is 0.301. The van der Waals surface area contributed by atoms with Gasteiger partial charge in [-0.25, -0.2) is 9.97 Å². The lowest BCUT2D eigenvalue weighted by Gasteiger charge is -2.20. The van der Waals surface area contributed by atoms with Gasteiger partial charge in [0.05, 0.1) is 17.8 Å². The summed E-state index contributed by atoms with van der Waals surface area (Å²) in [6, 6.07) is 29.5. The highest BCUT2D eigenvalue weighted by atomic mass is 16.3. The molecule has 0 unspecified atom stereocenters. The van der Waals surface area contributed by atoms with Crippen LogP contribution in [0.5, 0.6) is 5.75 Å². The first-order valence-corrected chi connectivity index (χ1v) is 12.4. The number of nitrogens with zero attached hydrogens (tertiary/aromatic N) is 2. The lowest BCUT2D eigenvalue weighted by Crippen LogP contribution is -2.19. The molecular weight excluding hydrogens is 458 g/mol. The summed E-state index contributed by atoms with van der Waals surface area (Å²) in [5, 5.41) is 15.2. The van der Waals surface area contributed by atoms with Crippen molar-refractivity contribution >= 4 is 34.6 Å². The molecule has 5 heteroatoms. The van der Waals surface area contributed by atoms with Crippen molar-refractivity contribution < 1.29 is 9.90 Å². The molecule has 4 aromatic carbocycles. The normalized spacial score (nSPS) is 12.3. The second-order valence-electron chi connectivity index (χ2n) is 9.24. The Hall–Kier alpha value is -4.77. The standard InChI is InChI=1S/C32H25N3O2/c36-26-14-15-27-25(20-26)13-17-28-31(27)33-29(16-11-21-6-2-1-3-7-21)32(34-28)35-30(37)19-22-10-12-23-8-4-5-9-24(23)18-22/h1-12,14-16,18,20,36H,13,17,19H2,(H,34,35,37)/b16-11+. The Bertz CT molecular complexity index is 1660. The molecule has 0 bridgehead atoms. The molecule has 0 radical (unpaired) electrons. The summed E-state index contributed by atoms with van der Waals surface area (Å²) in [4.78, 5) is 22.9. The van der Waals surface area contributed by atoms with Gasteiger partial charge in [0, 0.05) is 5.56 Å². The number of carbonyl (C=O) groups is 1. The fourth-order valence-electron chi connectivity index (χ4n) is 4.80. The van der Waals surface area contributed by atoms with Crippen LogP contribution in [0.15, 0.2) is 91.0 Å². The zero-order valence-corrected chi connectivity index (χ0v) is 20.2. The molecule has 1 aromatic heterocycles. The maximum atomic E-state index is 13.1. The van der Waals surface area contributed by atoms with Crippen LogP contribution in [0.4, 0.5) is 5.82 Å². The molecule has 6 rings (SSSR count). The maximum absolute atomic E-state index is 13.1. The highest BCUT2D eigenvalue weighted by Crippen LogP contribution is 2.35. The molecule has 0 saturated carbocycles. The van der Waals surface area contributed by atoms with Gasteiger partial charge in [-0.05, 0) is 64.6 Å². The van der Waals surface area contributed by atoms with Crippen molar-refractivity contribution in [3.05, 3.63) is 119 Å². The average molecular weight is 484 g/mol. The lowest BCUT2D eigenvalue weighted by atomic mass is 9.91. The summed E-state index contributed by atoms with van der Waals surface area (Å²) in [5.41, 5.74) is 6.22. The fraction of sp³-hybridized carbons (Fsp3) is 0.0938. The highest BCUT2D eigenvalue weighted by Gasteiger charge is 2.22. The number of aryl methyl sites for hydroxylation is 2. The number of fused-ring (bicyclic) bond motifs is 4. The van der Waals surface area contributed by atoms with Crippen LogP contribution in [0.25, 0.3) is 34.2 Å². The van der Waals surface area contributed by atoms with Gasteiger partial charge in [-0.3, -0.25) is 4.79 Å². The van der Waals surface area contributed by atoms with Crippen LogP contribution in [0.2, 0.25) is 0 Å². The van der Waals surface area contributed by atoms with Crippen molar-refractivity contribution in [1.29, 1.82) is 0 Å². The SMILES string of the molecule is O=C(Cc1ccc2ccccc2c1)Nc1nc2c(nc1/C=C/c1ccccc1)-c1ccc(O)cc1CC2. The minimum absolute atomic E-state index is 0.139. The van der Waals surface area contributed by atoms with Gasteiger partial charge in [-0.2, -0.15) is 0 Å². The molecule has 1 aliphatic carbocycles. The van der Waals surface area contributed by atoms with E-state index in [0.29, 0.717) is 17.9 Å². The second-order valence-corrected chi connectivity index (χ2v) is 9.24. The molecule has 180 valence electrons. The van der Waals surface area contributed by atoms with Gasteiger partial charge < -0.3 is 10.4 Å². The third-order valence-corrected chi connectivity index (χ3v) is 6.64. The number of aromatic hydroxyl groups is 1. The zero-order valence-electron chi connectivity index (χ0n) is 20.2. The van der Waals surface area contributed by atoms with Crippen molar-refractivity contribution in [2.24, 2.45) is 0 Å². The number of hydrogen-bond donors (Lipinski definition) is 2. The van der Waals surface area contributed by atoms with Gasteiger partial charge in [0.2, 0.25) is 5.91 Å². The van der Waals surface area contributed by atoms with Gasteiger partial charge in [0.1, 0.15) is 11.4 Å². The van der Waals surface area contributed by atoms with E-state index in [1.807, 2.05) is 72.8 Å². The van der Waals surface area contributed by atoms with E-state index in [4.69, 9.17) is 9.97 Å². The maximum Gasteiger partial charge on any atom is 0.230 e. The number of aromatic nitrogens is 2. The molecule has 0 spiro atoms. The molecule has 1 amide bonds. The number of hydrogen-bond acceptors (Lipinski definition) is 4.